The van der Waals surface area contributed by atoms with Crippen molar-refractivity contribution in [3.8, 4) is 11.5 Å². The van der Waals surface area contributed by atoms with Gasteiger partial charge >= 0.3 is 0 Å². The Bertz CT molecular complexity index is 725. The highest BCUT2D eigenvalue weighted by molar-refractivity contribution is 5.84. The van der Waals surface area contributed by atoms with Gasteiger partial charge in [-0.05, 0) is 0 Å². The summed E-state index contributed by atoms with van der Waals surface area (Å²) in [5.74, 6) is -0.00490. The van der Waals surface area contributed by atoms with Crippen LogP contribution in [0.1, 0.15) is 11.7 Å². The van der Waals surface area contributed by atoms with Gasteiger partial charge in [0.05, 0.1) is 5.92 Å². The summed E-state index contributed by atoms with van der Waals surface area (Å²) in [5, 5.41) is 19.1. The summed E-state index contributed by atoms with van der Waals surface area (Å²) in [5.41, 5.74) is -0.138. The van der Waals surface area contributed by atoms with Crippen LogP contribution >= 0.6 is 0 Å². The fourth-order valence-electron chi connectivity index (χ4n) is 2.06. The van der Waals surface area contributed by atoms with Gasteiger partial charge in [0.1, 0.15) is 28.2 Å². The minimum Gasteiger partial charge on any atom is -0.508 e. The van der Waals surface area contributed by atoms with E-state index >= 15 is 0 Å². The van der Waals surface area contributed by atoms with Crippen molar-refractivity contribution in [1.29, 1.82) is 0 Å². The van der Waals surface area contributed by atoms with Gasteiger partial charge in [0.2, 0.25) is 0 Å². The molecule has 0 spiro atoms. The molecule has 0 radical (unpaired) electrons. The molecule has 18 heavy (non-hydrogen) atoms. The zero-order valence-corrected chi connectivity index (χ0v) is 9.33. The first kappa shape index (κ1) is 10.7. The summed E-state index contributed by atoms with van der Waals surface area (Å²) in [7, 11) is 0. The SMILES string of the molecule is O=c1cc(C2C=CC=C2)oc2cc(O)cc(O)c12. The normalized spacial score (nSPS) is 14.7. The lowest BCUT2D eigenvalue weighted by molar-refractivity contribution is 0.450. The molecule has 2 aromatic rings. The molecule has 1 aromatic carbocycles. The molecule has 0 saturated heterocycles. The second-order valence-electron chi connectivity index (χ2n) is 4.15. The molecule has 1 heterocycles. The van der Waals surface area contributed by atoms with Crippen LogP contribution in [0.4, 0.5) is 0 Å². The van der Waals surface area contributed by atoms with Crippen LogP contribution in [0.2, 0.25) is 0 Å². The molecular formula is C14H10O4. The van der Waals surface area contributed by atoms with Gasteiger partial charge in [-0.25, -0.2) is 0 Å². The highest BCUT2D eigenvalue weighted by atomic mass is 16.3. The zero-order valence-electron chi connectivity index (χ0n) is 9.33. The summed E-state index contributed by atoms with van der Waals surface area (Å²) in [6, 6.07) is 3.81. The van der Waals surface area contributed by atoms with Crippen molar-refractivity contribution in [3.05, 3.63) is 58.5 Å². The zero-order chi connectivity index (χ0) is 12.7. The molecule has 0 amide bonds. The van der Waals surface area contributed by atoms with Gasteiger partial charge in [-0.1, -0.05) is 24.3 Å². The van der Waals surface area contributed by atoms with Crippen LogP contribution in [0.25, 0.3) is 11.0 Å². The van der Waals surface area contributed by atoms with E-state index in [9.17, 15) is 15.0 Å². The predicted octanol–water partition coefficient (Wildman–Crippen LogP) is 2.41. The third-order valence-electron chi connectivity index (χ3n) is 2.89. The van der Waals surface area contributed by atoms with Gasteiger partial charge in [-0.15, -0.1) is 0 Å². The van der Waals surface area contributed by atoms with Crippen molar-refractivity contribution in [2.75, 3.05) is 0 Å². The van der Waals surface area contributed by atoms with E-state index < -0.39 is 0 Å². The van der Waals surface area contributed by atoms with Crippen LogP contribution in [0, 0.1) is 0 Å². The highest BCUT2D eigenvalue weighted by Gasteiger charge is 2.15. The maximum atomic E-state index is 11.9. The lowest BCUT2D eigenvalue weighted by Crippen LogP contribution is -2.03. The molecule has 0 fully saturated rings. The van der Waals surface area contributed by atoms with E-state index in [0.717, 1.165) is 6.07 Å². The Labute approximate surface area is 102 Å². The molecule has 0 bridgehead atoms. The molecule has 1 aliphatic rings. The number of phenols is 2. The van der Waals surface area contributed by atoms with E-state index in [1.807, 2.05) is 24.3 Å². The first-order valence-electron chi connectivity index (χ1n) is 5.50. The summed E-state index contributed by atoms with van der Waals surface area (Å²) >= 11 is 0. The van der Waals surface area contributed by atoms with Gasteiger partial charge in [-0.2, -0.15) is 0 Å². The molecule has 0 unspecified atom stereocenters. The van der Waals surface area contributed by atoms with Gasteiger partial charge in [-0.3, -0.25) is 4.79 Å². The molecule has 0 saturated carbocycles. The molecule has 0 atom stereocenters. The van der Waals surface area contributed by atoms with Gasteiger partial charge in [0.15, 0.2) is 5.43 Å². The van der Waals surface area contributed by atoms with Crippen molar-refractivity contribution in [2.24, 2.45) is 0 Å². The average molecular weight is 242 g/mol. The Kier molecular flexibility index (Phi) is 2.23. The number of allylic oxidation sites excluding steroid dienone is 4. The maximum Gasteiger partial charge on any atom is 0.196 e. The monoisotopic (exact) mass is 242 g/mol. The fraction of sp³-hybridized carbons (Fsp3) is 0.0714. The van der Waals surface area contributed by atoms with Crippen LogP contribution in [-0.4, -0.2) is 10.2 Å². The molecule has 2 N–H and O–H groups in total. The van der Waals surface area contributed by atoms with Crippen molar-refractivity contribution < 1.29 is 14.6 Å². The van der Waals surface area contributed by atoms with Gasteiger partial charge in [0, 0.05) is 18.2 Å². The van der Waals surface area contributed by atoms with E-state index in [0.29, 0.717) is 5.76 Å². The summed E-state index contributed by atoms with van der Waals surface area (Å²) in [6.07, 6.45) is 7.53. The van der Waals surface area contributed by atoms with E-state index in [1.54, 1.807) is 0 Å². The Balaban J connectivity index is 2.30. The van der Waals surface area contributed by atoms with Crippen LogP contribution < -0.4 is 5.43 Å². The second-order valence-corrected chi connectivity index (χ2v) is 4.15. The van der Waals surface area contributed by atoms with Crippen LogP contribution in [0.3, 0.4) is 0 Å². The molecule has 1 aromatic heterocycles. The maximum absolute atomic E-state index is 11.9. The Morgan fingerprint density at radius 1 is 1.06 bits per heavy atom. The molecule has 3 rings (SSSR count). The second kappa shape index (κ2) is 3.77. The molecule has 90 valence electrons. The molecule has 1 aliphatic carbocycles. The number of phenolic OH excluding ortho intramolecular Hbond substituents is 2. The standard InChI is InChI=1S/C14H10O4/c15-9-5-10(16)14-11(17)7-12(18-13(14)6-9)8-3-1-2-4-8/h1-8,15-16H. The third kappa shape index (κ3) is 1.59. The molecule has 4 heteroatoms. The van der Waals surface area contributed by atoms with Crippen molar-refractivity contribution in [1.82, 2.24) is 0 Å². The highest BCUT2D eigenvalue weighted by Crippen LogP contribution is 2.30. The number of rotatable bonds is 1. The van der Waals surface area contributed by atoms with Crippen LogP contribution in [-0.2, 0) is 0 Å². The van der Waals surface area contributed by atoms with E-state index in [4.69, 9.17) is 4.42 Å². The lowest BCUT2D eigenvalue weighted by atomic mass is 10.1. The smallest absolute Gasteiger partial charge is 0.196 e. The Morgan fingerprint density at radius 3 is 2.50 bits per heavy atom. The van der Waals surface area contributed by atoms with Crippen LogP contribution in [0.5, 0.6) is 11.5 Å². The Hall–Kier alpha value is -2.49. The summed E-state index contributed by atoms with van der Waals surface area (Å²) < 4.78 is 5.57. The Morgan fingerprint density at radius 2 is 1.78 bits per heavy atom. The number of fused-ring (bicyclic) bond motifs is 1. The molecule has 0 aliphatic heterocycles. The van der Waals surface area contributed by atoms with Gasteiger partial charge in [0.25, 0.3) is 0 Å². The van der Waals surface area contributed by atoms with E-state index in [2.05, 4.69) is 0 Å². The van der Waals surface area contributed by atoms with Crippen molar-refractivity contribution in [3.63, 3.8) is 0 Å². The topological polar surface area (TPSA) is 70.7 Å². The largest absolute Gasteiger partial charge is 0.508 e. The van der Waals surface area contributed by atoms with Crippen LogP contribution in [0.15, 0.2) is 51.7 Å². The first-order chi connectivity index (χ1) is 8.65. The van der Waals surface area contributed by atoms with Gasteiger partial charge < -0.3 is 14.6 Å². The third-order valence-corrected chi connectivity index (χ3v) is 2.89. The minimum absolute atomic E-state index is 0.0772. The average Bonchev–Trinajstić information content (AvgIpc) is 2.80. The quantitative estimate of drug-likeness (QED) is 0.805. The van der Waals surface area contributed by atoms with Crippen molar-refractivity contribution >= 4 is 11.0 Å². The summed E-state index contributed by atoms with van der Waals surface area (Å²) in [4.78, 5) is 11.9. The summed E-state index contributed by atoms with van der Waals surface area (Å²) in [6.45, 7) is 0. The van der Waals surface area contributed by atoms with E-state index in [1.165, 1.54) is 12.1 Å². The first-order valence-corrected chi connectivity index (χ1v) is 5.50. The molecular weight excluding hydrogens is 232 g/mol. The van der Waals surface area contributed by atoms with E-state index in [-0.39, 0.29) is 33.8 Å². The number of hydrogen-bond donors (Lipinski definition) is 2. The van der Waals surface area contributed by atoms with Crippen molar-refractivity contribution in [2.45, 2.75) is 5.92 Å². The fourth-order valence-corrected chi connectivity index (χ4v) is 2.06. The lowest BCUT2D eigenvalue weighted by Gasteiger charge is -2.07. The minimum atomic E-state index is -0.322. The number of hydrogen-bond acceptors (Lipinski definition) is 4. The number of benzene rings is 1. The predicted molar refractivity (Wildman–Crippen MR) is 66.8 cm³/mol. The molecule has 4 nitrogen and oxygen atoms in total. The number of aromatic hydroxyl groups is 2.